The van der Waals surface area contributed by atoms with Gasteiger partial charge in [0.1, 0.15) is 6.61 Å². The van der Waals surface area contributed by atoms with Gasteiger partial charge in [-0.15, -0.1) is 0 Å². The third-order valence-corrected chi connectivity index (χ3v) is 5.01. The lowest BCUT2D eigenvalue weighted by Gasteiger charge is -2.12. The standard InChI is InChI=1S/C22H24F3N5O2/c1-4-5-11-19(16-9-7-10-17(13-16)22(23,24)25)26-32-14-18-15(2)8-6-12-20(18)30-21(31)29(3)27-28-30/h6-10,12-13H,4-5,11,14H2,1-3H3. The lowest BCUT2D eigenvalue weighted by molar-refractivity contribution is -0.137. The number of unbranched alkanes of at least 4 members (excludes halogenated alkanes) is 1. The van der Waals surface area contributed by atoms with Gasteiger partial charge in [-0.05, 0) is 59.5 Å². The van der Waals surface area contributed by atoms with Crippen molar-refractivity contribution >= 4 is 5.71 Å². The predicted molar refractivity (Wildman–Crippen MR) is 114 cm³/mol. The van der Waals surface area contributed by atoms with Crippen LogP contribution in [0.5, 0.6) is 0 Å². The summed E-state index contributed by atoms with van der Waals surface area (Å²) in [6.45, 7) is 3.86. The molecule has 0 aliphatic heterocycles. The van der Waals surface area contributed by atoms with Gasteiger partial charge < -0.3 is 4.84 Å². The van der Waals surface area contributed by atoms with Gasteiger partial charge in [-0.3, -0.25) is 0 Å². The Bertz CT molecular complexity index is 1160. The fourth-order valence-electron chi connectivity index (χ4n) is 3.17. The molecule has 0 aliphatic carbocycles. The van der Waals surface area contributed by atoms with E-state index in [-0.39, 0.29) is 6.61 Å². The van der Waals surface area contributed by atoms with Crippen LogP contribution in [-0.4, -0.2) is 25.5 Å². The molecule has 0 unspecified atom stereocenters. The number of hydrogen-bond donors (Lipinski definition) is 0. The van der Waals surface area contributed by atoms with Crippen molar-refractivity contribution in [2.75, 3.05) is 0 Å². The molecule has 3 rings (SSSR count). The first-order valence-corrected chi connectivity index (χ1v) is 10.2. The van der Waals surface area contributed by atoms with Crippen LogP contribution in [0.1, 0.15) is 48.4 Å². The Morgan fingerprint density at radius 1 is 1.16 bits per heavy atom. The maximum absolute atomic E-state index is 13.1. The molecule has 1 heterocycles. The highest BCUT2D eigenvalue weighted by Gasteiger charge is 2.30. The molecular weight excluding hydrogens is 423 g/mol. The number of aryl methyl sites for hydroxylation is 2. The van der Waals surface area contributed by atoms with Crippen molar-refractivity contribution in [3.8, 4) is 5.69 Å². The van der Waals surface area contributed by atoms with E-state index in [1.54, 1.807) is 18.2 Å². The van der Waals surface area contributed by atoms with Crippen LogP contribution >= 0.6 is 0 Å². The van der Waals surface area contributed by atoms with Crippen LogP contribution in [0.2, 0.25) is 0 Å². The zero-order valence-electron chi connectivity index (χ0n) is 18.1. The van der Waals surface area contributed by atoms with Crippen molar-refractivity contribution in [2.45, 2.75) is 45.9 Å². The second-order valence-electron chi connectivity index (χ2n) is 7.36. The molecule has 0 radical (unpaired) electrons. The van der Waals surface area contributed by atoms with E-state index in [1.165, 1.54) is 17.8 Å². The van der Waals surface area contributed by atoms with E-state index in [4.69, 9.17) is 4.84 Å². The summed E-state index contributed by atoms with van der Waals surface area (Å²) in [5, 5.41) is 11.8. The minimum absolute atomic E-state index is 0.0135. The summed E-state index contributed by atoms with van der Waals surface area (Å²) in [5.74, 6) is 0. The molecule has 0 atom stereocenters. The Kier molecular flexibility index (Phi) is 7.12. The van der Waals surface area contributed by atoms with Gasteiger partial charge in [0.15, 0.2) is 0 Å². The number of alkyl halides is 3. The van der Waals surface area contributed by atoms with E-state index in [1.807, 2.05) is 19.9 Å². The summed E-state index contributed by atoms with van der Waals surface area (Å²) in [6, 6.07) is 10.4. The van der Waals surface area contributed by atoms with Gasteiger partial charge in [0.2, 0.25) is 0 Å². The Morgan fingerprint density at radius 3 is 2.56 bits per heavy atom. The SMILES string of the molecule is CCCCC(=NOCc1c(C)cccc1-n1nnn(C)c1=O)c1cccc(C(F)(F)F)c1. The first-order valence-electron chi connectivity index (χ1n) is 10.2. The van der Waals surface area contributed by atoms with E-state index in [0.717, 1.165) is 35.2 Å². The zero-order valence-corrected chi connectivity index (χ0v) is 18.1. The molecule has 0 amide bonds. The summed E-state index contributed by atoms with van der Waals surface area (Å²) >= 11 is 0. The minimum atomic E-state index is -4.44. The number of aromatic nitrogens is 4. The quantitative estimate of drug-likeness (QED) is 0.379. The number of oxime groups is 1. The number of halogens is 3. The van der Waals surface area contributed by atoms with Crippen LogP contribution in [0.3, 0.4) is 0 Å². The fraction of sp³-hybridized carbons (Fsp3) is 0.364. The molecule has 32 heavy (non-hydrogen) atoms. The van der Waals surface area contributed by atoms with Crippen LogP contribution in [0.4, 0.5) is 13.2 Å². The van der Waals surface area contributed by atoms with Gasteiger partial charge in [-0.1, -0.05) is 42.8 Å². The highest BCUT2D eigenvalue weighted by atomic mass is 19.4. The van der Waals surface area contributed by atoms with Crippen molar-refractivity contribution in [1.29, 1.82) is 0 Å². The van der Waals surface area contributed by atoms with Crippen LogP contribution in [0, 0.1) is 6.92 Å². The highest BCUT2D eigenvalue weighted by Crippen LogP contribution is 2.30. The largest absolute Gasteiger partial charge is 0.416 e. The average molecular weight is 447 g/mol. The highest BCUT2D eigenvalue weighted by molar-refractivity contribution is 6.00. The Balaban J connectivity index is 1.90. The molecule has 0 aliphatic rings. The van der Waals surface area contributed by atoms with Crippen molar-refractivity contribution in [3.63, 3.8) is 0 Å². The molecule has 0 spiro atoms. The van der Waals surface area contributed by atoms with Gasteiger partial charge in [0, 0.05) is 12.6 Å². The van der Waals surface area contributed by atoms with Crippen LogP contribution in [-0.2, 0) is 24.7 Å². The van der Waals surface area contributed by atoms with Crippen LogP contribution in [0.15, 0.2) is 52.4 Å². The van der Waals surface area contributed by atoms with Crippen LogP contribution in [0.25, 0.3) is 5.69 Å². The van der Waals surface area contributed by atoms with Crippen molar-refractivity contribution < 1.29 is 18.0 Å². The van der Waals surface area contributed by atoms with Crippen LogP contribution < -0.4 is 5.69 Å². The molecule has 0 bridgehead atoms. The molecule has 7 nitrogen and oxygen atoms in total. The monoisotopic (exact) mass is 447 g/mol. The van der Waals surface area contributed by atoms with Gasteiger partial charge in [-0.25, -0.2) is 4.79 Å². The second kappa shape index (κ2) is 9.80. The first-order chi connectivity index (χ1) is 15.2. The summed E-state index contributed by atoms with van der Waals surface area (Å²) in [5.41, 5.74) is 1.69. The van der Waals surface area contributed by atoms with Crippen molar-refractivity contribution in [2.24, 2.45) is 12.2 Å². The Labute approximate surface area is 183 Å². The van der Waals surface area contributed by atoms with E-state index in [2.05, 4.69) is 15.6 Å². The smallest absolute Gasteiger partial charge is 0.391 e. The molecule has 10 heteroatoms. The van der Waals surface area contributed by atoms with E-state index in [9.17, 15) is 18.0 Å². The number of hydrogen-bond acceptors (Lipinski definition) is 5. The lowest BCUT2D eigenvalue weighted by atomic mass is 10.0. The molecule has 0 saturated heterocycles. The lowest BCUT2D eigenvalue weighted by Crippen LogP contribution is -2.23. The van der Waals surface area contributed by atoms with Gasteiger partial charge in [0.05, 0.1) is 17.0 Å². The molecule has 170 valence electrons. The van der Waals surface area contributed by atoms with E-state index >= 15 is 0 Å². The normalized spacial score (nSPS) is 12.2. The van der Waals surface area contributed by atoms with Gasteiger partial charge in [0.25, 0.3) is 0 Å². The number of rotatable bonds is 8. The maximum Gasteiger partial charge on any atom is 0.416 e. The van der Waals surface area contributed by atoms with Crippen molar-refractivity contribution in [1.82, 2.24) is 19.8 Å². The number of tetrazole rings is 1. The predicted octanol–water partition coefficient (Wildman–Crippen LogP) is 4.40. The summed E-state index contributed by atoms with van der Waals surface area (Å²) in [4.78, 5) is 17.9. The van der Waals surface area contributed by atoms with Crippen molar-refractivity contribution in [3.05, 3.63) is 75.2 Å². The molecule has 0 fully saturated rings. The van der Waals surface area contributed by atoms with E-state index in [0.29, 0.717) is 28.9 Å². The fourth-order valence-corrected chi connectivity index (χ4v) is 3.17. The number of nitrogens with zero attached hydrogens (tertiary/aromatic N) is 5. The Morgan fingerprint density at radius 2 is 1.91 bits per heavy atom. The summed E-state index contributed by atoms with van der Waals surface area (Å²) in [7, 11) is 1.50. The molecular formula is C22H24F3N5O2. The molecule has 3 aromatic rings. The molecule has 1 aromatic heterocycles. The third-order valence-electron chi connectivity index (χ3n) is 5.01. The van der Waals surface area contributed by atoms with E-state index < -0.39 is 17.4 Å². The molecule has 0 N–H and O–H groups in total. The van der Waals surface area contributed by atoms with Gasteiger partial charge >= 0.3 is 11.9 Å². The average Bonchev–Trinajstić information content (AvgIpc) is 3.09. The zero-order chi connectivity index (χ0) is 23.3. The minimum Gasteiger partial charge on any atom is -0.391 e. The Hall–Kier alpha value is -3.43. The number of benzene rings is 2. The second-order valence-corrected chi connectivity index (χ2v) is 7.36. The third kappa shape index (κ3) is 5.24. The summed E-state index contributed by atoms with van der Waals surface area (Å²) < 4.78 is 41.7. The summed E-state index contributed by atoms with van der Waals surface area (Å²) in [6.07, 6.45) is -2.35. The maximum atomic E-state index is 13.1. The first kappa shape index (κ1) is 23.2. The molecule has 0 saturated carbocycles. The molecule has 2 aromatic carbocycles. The van der Waals surface area contributed by atoms with Gasteiger partial charge in [-0.2, -0.15) is 22.5 Å². The topological polar surface area (TPSA) is 74.3 Å².